The Morgan fingerprint density at radius 3 is 3.00 bits per heavy atom. The molecule has 4 nitrogen and oxygen atoms in total. The molecule has 0 aliphatic carbocycles. The van der Waals surface area contributed by atoms with Crippen LogP contribution in [-0.4, -0.2) is 22.6 Å². The van der Waals surface area contributed by atoms with E-state index < -0.39 is 0 Å². The monoisotopic (exact) mass is 284 g/mol. The fourth-order valence-corrected chi connectivity index (χ4v) is 2.93. The largest absolute Gasteiger partial charge is 0.372 e. The number of rotatable bonds is 5. The summed E-state index contributed by atoms with van der Waals surface area (Å²) in [6, 6.07) is 9.51. The summed E-state index contributed by atoms with van der Waals surface area (Å²) in [6.45, 7) is 6.39. The van der Waals surface area contributed by atoms with Crippen LogP contribution in [0.25, 0.3) is 0 Å². The number of benzene rings is 1. The topological polar surface area (TPSA) is 33.1 Å². The van der Waals surface area contributed by atoms with Crippen molar-refractivity contribution in [3.8, 4) is 0 Å². The highest BCUT2D eigenvalue weighted by Gasteiger charge is 2.23. The molecule has 0 amide bonds. The van der Waals surface area contributed by atoms with Gasteiger partial charge in [-0.15, -0.1) is 0 Å². The minimum Gasteiger partial charge on any atom is -0.372 e. The predicted molar refractivity (Wildman–Crippen MR) is 86.4 cm³/mol. The quantitative estimate of drug-likeness (QED) is 0.916. The zero-order valence-corrected chi connectivity index (χ0v) is 13.1. The highest BCUT2D eigenvalue weighted by atomic mass is 15.2. The molecule has 21 heavy (non-hydrogen) atoms. The molecule has 0 saturated heterocycles. The first-order valence-electron chi connectivity index (χ1n) is 7.72. The molecule has 1 unspecified atom stereocenters. The highest BCUT2D eigenvalue weighted by molar-refractivity contribution is 5.53. The van der Waals surface area contributed by atoms with Crippen molar-refractivity contribution in [3.63, 3.8) is 0 Å². The van der Waals surface area contributed by atoms with Gasteiger partial charge in [0.1, 0.15) is 5.82 Å². The number of imidazole rings is 1. The zero-order chi connectivity index (χ0) is 14.8. The van der Waals surface area contributed by atoms with Gasteiger partial charge in [-0.1, -0.05) is 18.2 Å². The number of aromatic nitrogens is 2. The van der Waals surface area contributed by atoms with Gasteiger partial charge >= 0.3 is 0 Å². The van der Waals surface area contributed by atoms with Crippen molar-refractivity contribution in [2.24, 2.45) is 0 Å². The molecular weight excluding hydrogens is 260 g/mol. The van der Waals surface area contributed by atoms with Gasteiger partial charge in [-0.3, -0.25) is 0 Å². The summed E-state index contributed by atoms with van der Waals surface area (Å²) >= 11 is 0. The minimum atomic E-state index is 0.373. The van der Waals surface area contributed by atoms with Gasteiger partial charge in [0.25, 0.3) is 0 Å². The molecule has 3 rings (SSSR count). The van der Waals surface area contributed by atoms with E-state index in [0.29, 0.717) is 12.1 Å². The molecule has 1 atom stereocenters. The van der Waals surface area contributed by atoms with Crippen LogP contribution in [0.4, 0.5) is 5.69 Å². The highest BCUT2D eigenvalue weighted by Crippen LogP contribution is 2.26. The second-order valence-electron chi connectivity index (χ2n) is 6.03. The van der Waals surface area contributed by atoms with Crippen molar-refractivity contribution in [1.29, 1.82) is 0 Å². The van der Waals surface area contributed by atoms with Crippen LogP contribution in [0, 0.1) is 0 Å². The number of hydrogen-bond donors (Lipinski definition) is 1. The Bertz CT molecular complexity index is 602. The lowest BCUT2D eigenvalue weighted by Crippen LogP contribution is -2.28. The molecule has 0 saturated carbocycles. The summed E-state index contributed by atoms with van der Waals surface area (Å²) in [7, 11) is 2.16. The van der Waals surface area contributed by atoms with E-state index in [9.17, 15) is 0 Å². The van der Waals surface area contributed by atoms with Crippen LogP contribution >= 0.6 is 0 Å². The number of hydrogen-bond acceptors (Lipinski definition) is 3. The molecule has 0 spiro atoms. The van der Waals surface area contributed by atoms with E-state index in [0.717, 1.165) is 19.5 Å². The summed E-state index contributed by atoms with van der Waals surface area (Å²) in [5.41, 5.74) is 2.65. The standard InChI is InChI=1S/C17H24N4/c1-13(2)20(3)16-7-5-4-6-14(16)12-19-15-8-10-21-11-9-18-17(15)21/h4-7,9,11,13,15,19H,8,10,12H2,1-3H3. The molecule has 2 heterocycles. The maximum Gasteiger partial charge on any atom is 0.125 e. The summed E-state index contributed by atoms with van der Waals surface area (Å²) < 4.78 is 2.24. The lowest BCUT2D eigenvalue weighted by atomic mass is 10.1. The SMILES string of the molecule is CC(C)N(C)c1ccccc1CNC1CCn2ccnc21. The van der Waals surface area contributed by atoms with Crippen LogP contribution in [0.1, 0.15) is 37.7 Å². The molecule has 1 N–H and O–H groups in total. The van der Waals surface area contributed by atoms with Crippen LogP contribution in [0.2, 0.25) is 0 Å². The van der Waals surface area contributed by atoms with Crippen LogP contribution in [0.3, 0.4) is 0 Å². The van der Waals surface area contributed by atoms with Gasteiger partial charge in [0.2, 0.25) is 0 Å². The van der Waals surface area contributed by atoms with Gasteiger partial charge in [-0.25, -0.2) is 4.98 Å². The molecular formula is C17H24N4. The van der Waals surface area contributed by atoms with Crippen LogP contribution in [-0.2, 0) is 13.1 Å². The average molecular weight is 284 g/mol. The molecule has 1 aliphatic rings. The number of nitrogens with one attached hydrogen (secondary N) is 1. The van der Waals surface area contributed by atoms with E-state index in [1.165, 1.54) is 17.1 Å². The van der Waals surface area contributed by atoms with Crippen molar-refractivity contribution in [3.05, 3.63) is 48.0 Å². The van der Waals surface area contributed by atoms with Crippen molar-refractivity contribution >= 4 is 5.69 Å². The number of nitrogens with zero attached hydrogens (tertiary/aromatic N) is 3. The van der Waals surface area contributed by atoms with E-state index >= 15 is 0 Å². The third-order valence-corrected chi connectivity index (χ3v) is 4.40. The van der Waals surface area contributed by atoms with Crippen molar-refractivity contribution in [2.45, 2.75) is 45.4 Å². The van der Waals surface area contributed by atoms with Crippen molar-refractivity contribution in [1.82, 2.24) is 14.9 Å². The van der Waals surface area contributed by atoms with Crippen LogP contribution in [0.5, 0.6) is 0 Å². The van der Waals surface area contributed by atoms with Crippen LogP contribution < -0.4 is 10.2 Å². The fraction of sp³-hybridized carbons (Fsp3) is 0.471. The van der Waals surface area contributed by atoms with Crippen molar-refractivity contribution in [2.75, 3.05) is 11.9 Å². The smallest absolute Gasteiger partial charge is 0.125 e. The van der Waals surface area contributed by atoms with Gasteiger partial charge in [-0.05, 0) is 31.9 Å². The Balaban J connectivity index is 1.72. The molecule has 4 heteroatoms. The molecule has 1 aromatic heterocycles. The number of anilines is 1. The summed E-state index contributed by atoms with van der Waals surface area (Å²) in [5, 5.41) is 3.66. The normalized spacial score (nSPS) is 17.2. The van der Waals surface area contributed by atoms with Crippen molar-refractivity contribution < 1.29 is 0 Å². The Hall–Kier alpha value is -1.81. The lowest BCUT2D eigenvalue weighted by molar-refractivity contribution is 0.520. The van der Waals surface area contributed by atoms with Gasteiger partial charge < -0.3 is 14.8 Å². The Labute approximate surface area is 126 Å². The molecule has 0 bridgehead atoms. The zero-order valence-electron chi connectivity index (χ0n) is 13.1. The number of para-hydroxylation sites is 1. The van der Waals surface area contributed by atoms with E-state index in [-0.39, 0.29) is 0 Å². The Morgan fingerprint density at radius 2 is 2.19 bits per heavy atom. The predicted octanol–water partition coefficient (Wildman–Crippen LogP) is 2.96. The van der Waals surface area contributed by atoms with Gasteiger partial charge in [-0.2, -0.15) is 0 Å². The third kappa shape index (κ3) is 2.81. The first-order valence-corrected chi connectivity index (χ1v) is 7.72. The van der Waals surface area contributed by atoms with Gasteiger partial charge in [0, 0.05) is 44.3 Å². The number of fused-ring (bicyclic) bond motifs is 1. The van der Waals surface area contributed by atoms with E-state index in [4.69, 9.17) is 0 Å². The molecule has 112 valence electrons. The van der Waals surface area contributed by atoms with E-state index in [1.54, 1.807) is 0 Å². The molecule has 0 radical (unpaired) electrons. The minimum absolute atomic E-state index is 0.373. The molecule has 1 aromatic carbocycles. The first kappa shape index (κ1) is 14.1. The van der Waals surface area contributed by atoms with E-state index in [1.807, 2.05) is 6.20 Å². The second kappa shape index (κ2) is 5.90. The molecule has 0 fully saturated rings. The van der Waals surface area contributed by atoms with Gasteiger partial charge in [0.15, 0.2) is 0 Å². The average Bonchev–Trinajstić information content (AvgIpc) is 3.08. The summed E-state index contributed by atoms with van der Waals surface area (Å²) in [6.07, 6.45) is 5.09. The second-order valence-corrected chi connectivity index (χ2v) is 6.03. The molecule has 1 aliphatic heterocycles. The maximum absolute atomic E-state index is 4.47. The Kier molecular flexibility index (Phi) is 3.97. The molecule has 2 aromatic rings. The summed E-state index contributed by atoms with van der Waals surface area (Å²) in [5.74, 6) is 1.17. The van der Waals surface area contributed by atoms with E-state index in [2.05, 4.69) is 71.1 Å². The maximum atomic E-state index is 4.47. The fourth-order valence-electron chi connectivity index (χ4n) is 2.93. The van der Waals surface area contributed by atoms with Crippen LogP contribution in [0.15, 0.2) is 36.7 Å². The first-order chi connectivity index (χ1) is 10.2. The summed E-state index contributed by atoms with van der Waals surface area (Å²) in [4.78, 5) is 6.79. The third-order valence-electron chi connectivity index (χ3n) is 4.40. The Morgan fingerprint density at radius 1 is 1.38 bits per heavy atom. The van der Waals surface area contributed by atoms with Gasteiger partial charge in [0.05, 0.1) is 6.04 Å². The lowest BCUT2D eigenvalue weighted by Gasteiger charge is -2.27. The number of aryl methyl sites for hydroxylation is 1.